The second-order valence-electron chi connectivity index (χ2n) is 4.42. The van der Waals surface area contributed by atoms with Crippen molar-refractivity contribution in [2.45, 2.75) is 6.92 Å². The molecule has 0 aliphatic carbocycles. The van der Waals surface area contributed by atoms with Gasteiger partial charge in [-0.15, -0.1) is 0 Å². The molecule has 2 heterocycles. The third-order valence-corrected chi connectivity index (χ3v) is 4.57. The SMILES string of the molecule is CCNc1ncc(C=C2SC(=Nc3ccccc3)NC2=O)s1. The summed E-state index contributed by atoms with van der Waals surface area (Å²) < 4.78 is 0. The first-order valence-electron chi connectivity index (χ1n) is 6.79. The Balaban J connectivity index is 1.76. The molecule has 2 aromatic rings. The number of benzene rings is 1. The zero-order valence-corrected chi connectivity index (χ0v) is 13.5. The average molecular weight is 330 g/mol. The molecule has 22 heavy (non-hydrogen) atoms. The summed E-state index contributed by atoms with van der Waals surface area (Å²) >= 11 is 2.86. The van der Waals surface area contributed by atoms with Crippen molar-refractivity contribution >= 4 is 51.1 Å². The molecule has 0 saturated carbocycles. The quantitative estimate of drug-likeness (QED) is 0.843. The predicted molar refractivity (Wildman–Crippen MR) is 93.5 cm³/mol. The van der Waals surface area contributed by atoms with Crippen LogP contribution in [0, 0.1) is 0 Å². The lowest BCUT2D eigenvalue weighted by Gasteiger charge is -1.94. The van der Waals surface area contributed by atoms with Gasteiger partial charge in [0.05, 0.1) is 15.5 Å². The zero-order valence-electron chi connectivity index (χ0n) is 11.9. The lowest BCUT2D eigenvalue weighted by molar-refractivity contribution is -0.115. The maximum Gasteiger partial charge on any atom is 0.264 e. The lowest BCUT2D eigenvalue weighted by Crippen LogP contribution is -2.19. The largest absolute Gasteiger partial charge is 0.362 e. The second kappa shape index (κ2) is 6.76. The highest BCUT2D eigenvalue weighted by Gasteiger charge is 2.24. The van der Waals surface area contributed by atoms with Crippen LogP contribution in [0.3, 0.4) is 0 Å². The number of para-hydroxylation sites is 1. The Labute approximate surface area is 136 Å². The van der Waals surface area contributed by atoms with Crippen LogP contribution < -0.4 is 10.6 Å². The topological polar surface area (TPSA) is 66.4 Å². The zero-order chi connectivity index (χ0) is 15.4. The number of carbonyl (C=O) groups excluding carboxylic acids is 1. The molecule has 112 valence electrons. The summed E-state index contributed by atoms with van der Waals surface area (Å²) in [5.41, 5.74) is 0.818. The van der Waals surface area contributed by atoms with E-state index in [1.807, 2.05) is 43.3 Å². The molecule has 1 fully saturated rings. The van der Waals surface area contributed by atoms with Gasteiger partial charge in [-0.25, -0.2) is 9.98 Å². The number of anilines is 1. The molecule has 0 spiro atoms. The van der Waals surface area contributed by atoms with E-state index in [9.17, 15) is 4.79 Å². The molecule has 2 N–H and O–H groups in total. The summed E-state index contributed by atoms with van der Waals surface area (Å²) in [6.07, 6.45) is 3.60. The molecule has 0 atom stereocenters. The molecule has 0 unspecified atom stereocenters. The van der Waals surface area contributed by atoms with E-state index in [4.69, 9.17) is 0 Å². The highest BCUT2D eigenvalue weighted by molar-refractivity contribution is 8.18. The number of nitrogens with one attached hydrogen (secondary N) is 2. The van der Waals surface area contributed by atoms with Crippen molar-refractivity contribution in [1.29, 1.82) is 0 Å². The standard InChI is InChI=1S/C15H14N4OS2/c1-2-16-14-17-9-11(21-14)8-12-13(20)19-15(22-12)18-10-6-4-3-5-7-10/h3-9H,2H2,1H3,(H,16,17)(H,18,19,20). The summed E-state index contributed by atoms with van der Waals surface area (Å²) in [5, 5.41) is 7.39. The van der Waals surface area contributed by atoms with Crippen LogP contribution in [0.5, 0.6) is 0 Å². The van der Waals surface area contributed by atoms with Crippen LogP contribution in [0.1, 0.15) is 11.8 Å². The first kappa shape index (κ1) is 14.8. The molecule has 3 rings (SSSR count). The molecule has 1 aliphatic heterocycles. The van der Waals surface area contributed by atoms with Gasteiger partial charge in [0.1, 0.15) is 0 Å². The van der Waals surface area contributed by atoms with Crippen molar-refractivity contribution in [3.8, 4) is 0 Å². The number of hydrogen-bond acceptors (Lipinski definition) is 6. The summed E-state index contributed by atoms with van der Waals surface area (Å²) in [4.78, 5) is 22.2. The van der Waals surface area contributed by atoms with Crippen LogP contribution in [-0.4, -0.2) is 22.6 Å². The van der Waals surface area contributed by atoms with Gasteiger partial charge < -0.3 is 10.6 Å². The highest BCUT2D eigenvalue weighted by Crippen LogP contribution is 2.30. The van der Waals surface area contributed by atoms with Gasteiger partial charge in [-0.1, -0.05) is 29.5 Å². The molecular weight excluding hydrogens is 316 g/mol. The van der Waals surface area contributed by atoms with Crippen molar-refractivity contribution in [2.24, 2.45) is 4.99 Å². The fourth-order valence-corrected chi connectivity index (χ4v) is 3.55. The number of hydrogen-bond donors (Lipinski definition) is 2. The van der Waals surface area contributed by atoms with Gasteiger partial charge in [-0.05, 0) is 36.9 Å². The van der Waals surface area contributed by atoms with Crippen LogP contribution >= 0.6 is 23.1 Å². The van der Waals surface area contributed by atoms with Crippen LogP contribution in [0.4, 0.5) is 10.8 Å². The van der Waals surface area contributed by atoms with Crippen molar-refractivity contribution in [3.05, 3.63) is 46.3 Å². The number of aromatic nitrogens is 1. The highest BCUT2D eigenvalue weighted by atomic mass is 32.2. The number of aliphatic imine (C=N–C) groups is 1. The van der Waals surface area contributed by atoms with Gasteiger partial charge >= 0.3 is 0 Å². The number of amides is 1. The maximum atomic E-state index is 12.0. The third kappa shape index (κ3) is 3.55. The molecule has 0 bridgehead atoms. The van der Waals surface area contributed by atoms with E-state index in [1.165, 1.54) is 23.1 Å². The van der Waals surface area contributed by atoms with E-state index in [2.05, 4.69) is 20.6 Å². The van der Waals surface area contributed by atoms with Crippen molar-refractivity contribution in [1.82, 2.24) is 10.3 Å². The van der Waals surface area contributed by atoms with E-state index in [0.717, 1.165) is 22.2 Å². The number of carbonyl (C=O) groups is 1. The van der Waals surface area contributed by atoms with E-state index < -0.39 is 0 Å². The van der Waals surface area contributed by atoms with E-state index >= 15 is 0 Å². The van der Waals surface area contributed by atoms with Gasteiger partial charge in [-0.3, -0.25) is 4.79 Å². The molecule has 1 aromatic heterocycles. The normalized spacial score (nSPS) is 18.0. The molecule has 1 aliphatic rings. The van der Waals surface area contributed by atoms with Gasteiger partial charge in [0.25, 0.3) is 5.91 Å². The maximum absolute atomic E-state index is 12.0. The fraction of sp³-hybridized carbons (Fsp3) is 0.133. The van der Waals surface area contributed by atoms with Gasteiger partial charge in [0.15, 0.2) is 10.3 Å². The van der Waals surface area contributed by atoms with Crippen molar-refractivity contribution < 1.29 is 4.79 Å². The monoisotopic (exact) mass is 330 g/mol. The number of thiazole rings is 1. The van der Waals surface area contributed by atoms with Gasteiger partial charge in [-0.2, -0.15) is 0 Å². The van der Waals surface area contributed by atoms with E-state index in [1.54, 1.807) is 6.20 Å². The summed E-state index contributed by atoms with van der Waals surface area (Å²) in [6.45, 7) is 2.85. The Hall–Kier alpha value is -2.12. The molecule has 1 saturated heterocycles. The van der Waals surface area contributed by atoms with Crippen molar-refractivity contribution in [2.75, 3.05) is 11.9 Å². The predicted octanol–water partition coefficient (Wildman–Crippen LogP) is 3.47. The molecular formula is C15H14N4OS2. The minimum Gasteiger partial charge on any atom is -0.362 e. The Bertz CT molecular complexity index is 737. The van der Waals surface area contributed by atoms with Crippen LogP contribution in [0.15, 0.2) is 46.4 Å². The molecule has 5 nitrogen and oxygen atoms in total. The number of thioether (sulfide) groups is 1. The summed E-state index contributed by atoms with van der Waals surface area (Å²) in [5.74, 6) is -0.127. The van der Waals surface area contributed by atoms with Crippen molar-refractivity contribution in [3.63, 3.8) is 0 Å². The minimum absolute atomic E-state index is 0.127. The lowest BCUT2D eigenvalue weighted by atomic mass is 10.3. The minimum atomic E-state index is -0.127. The van der Waals surface area contributed by atoms with Crippen LogP contribution in [0.2, 0.25) is 0 Å². The third-order valence-electron chi connectivity index (χ3n) is 2.76. The van der Waals surface area contributed by atoms with Crippen LogP contribution in [-0.2, 0) is 4.79 Å². The average Bonchev–Trinajstić information content (AvgIpc) is 3.08. The van der Waals surface area contributed by atoms with E-state index in [-0.39, 0.29) is 5.91 Å². The Morgan fingerprint density at radius 2 is 2.18 bits per heavy atom. The first-order chi connectivity index (χ1) is 10.7. The molecule has 7 heteroatoms. The fourth-order valence-electron chi connectivity index (χ4n) is 1.82. The number of rotatable bonds is 4. The van der Waals surface area contributed by atoms with E-state index in [0.29, 0.717) is 10.1 Å². The molecule has 1 amide bonds. The molecule has 1 aromatic carbocycles. The first-order valence-corrected chi connectivity index (χ1v) is 8.42. The summed E-state index contributed by atoms with van der Waals surface area (Å²) in [6, 6.07) is 9.55. The second-order valence-corrected chi connectivity index (χ2v) is 6.51. The number of nitrogens with zero attached hydrogens (tertiary/aromatic N) is 2. The van der Waals surface area contributed by atoms with Gasteiger partial charge in [0, 0.05) is 12.7 Å². The number of amidine groups is 1. The molecule has 0 radical (unpaired) electrons. The van der Waals surface area contributed by atoms with Gasteiger partial charge in [0.2, 0.25) is 0 Å². The van der Waals surface area contributed by atoms with Crippen LogP contribution in [0.25, 0.3) is 6.08 Å². The Morgan fingerprint density at radius 3 is 2.95 bits per heavy atom. The smallest absolute Gasteiger partial charge is 0.264 e. The Kier molecular flexibility index (Phi) is 4.55. The summed E-state index contributed by atoms with van der Waals surface area (Å²) in [7, 11) is 0. The Morgan fingerprint density at radius 1 is 1.36 bits per heavy atom.